The van der Waals surface area contributed by atoms with E-state index < -0.39 is 52.8 Å². The predicted molar refractivity (Wildman–Crippen MR) is 130 cm³/mol. The molecule has 4 amide bonds. The zero-order valence-corrected chi connectivity index (χ0v) is 22.2. The number of Topliss-reactive ketones (excluding diaryl/α,β-unsaturated/α-hetero) is 1. The zero-order chi connectivity index (χ0) is 26.8. The van der Waals surface area contributed by atoms with Crippen molar-refractivity contribution in [3.05, 3.63) is 0 Å². The van der Waals surface area contributed by atoms with Gasteiger partial charge in [0.15, 0.2) is 0 Å². The lowest BCUT2D eigenvalue weighted by Crippen LogP contribution is -2.59. The van der Waals surface area contributed by atoms with Crippen molar-refractivity contribution in [3.8, 4) is 0 Å². The van der Waals surface area contributed by atoms with Crippen LogP contribution in [-0.2, 0) is 23.9 Å². The highest BCUT2D eigenvalue weighted by Crippen LogP contribution is 2.65. The highest BCUT2D eigenvalue weighted by Gasteiger charge is 2.70. The number of alkyl carbamates (subject to hydrolysis) is 1. The van der Waals surface area contributed by atoms with Crippen LogP contribution >= 0.6 is 0 Å². The van der Waals surface area contributed by atoms with Gasteiger partial charge in [-0.15, -0.1) is 0 Å². The Kier molecular flexibility index (Phi) is 6.41. The SMILES string of the molecule is CC(C)(C)OC(=O)N[C@H](C(=O)N1C[C@H]2[C@@H]([C@H]1C(=O)NC(CC1CC1)C(=O)C(N)=O)C2(C)C)C1(C)CC1. The third-order valence-corrected chi connectivity index (χ3v) is 8.55. The summed E-state index contributed by atoms with van der Waals surface area (Å²) in [7, 11) is 0. The quantitative estimate of drug-likeness (QED) is 0.405. The molecule has 0 bridgehead atoms. The third kappa shape index (κ3) is 5.22. The van der Waals surface area contributed by atoms with Gasteiger partial charge in [-0.1, -0.05) is 33.6 Å². The molecule has 4 aliphatic rings. The molecule has 1 heterocycles. The molecule has 10 heteroatoms. The number of fused-ring (bicyclic) bond motifs is 1. The molecule has 5 atom stereocenters. The minimum Gasteiger partial charge on any atom is -0.444 e. The molecular weight excluding hydrogens is 464 g/mol. The highest BCUT2D eigenvalue weighted by atomic mass is 16.6. The van der Waals surface area contributed by atoms with Gasteiger partial charge in [-0.3, -0.25) is 19.2 Å². The Labute approximate surface area is 212 Å². The Morgan fingerprint density at radius 3 is 2.17 bits per heavy atom. The first-order valence-corrected chi connectivity index (χ1v) is 13.0. The predicted octanol–water partition coefficient (Wildman–Crippen LogP) is 1.50. The Bertz CT molecular complexity index is 977. The van der Waals surface area contributed by atoms with Gasteiger partial charge >= 0.3 is 6.09 Å². The number of likely N-dealkylation sites (tertiary alicyclic amines) is 1. The van der Waals surface area contributed by atoms with Crippen LogP contribution in [0, 0.1) is 28.6 Å². The summed E-state index contributed by atoms with van der Waals surface area (Å²) in [6, 6.07) is -2.60. The van der Waals surface area contributed by atoms with Crippen molar-refractivity contribution >= 4 is 29.6 Å². The molecule has 0 spiro atoms. The summed E-state index contributed by atoms with van der Waals surface area (Å²) in [6.07, 6.45) is 3.14. The first-order chi connectivity index (χ1) is 16.5. The van der Waals surface area contributed by atoms with Gasteiger partial charge in [0.1, 0.15) is 17.7 Å². The fourth-order valence-electron chi connectivity index (χ4n) is 5.77. The lowest BCUT2D eigenvalue weighted by atomic mass is 9.94. The Balaban J connectivity index is 1.54. The van der Waals surface area contributed by atoms with Crippen LogP contribution < -0.4 is 16.4 Å². The summed E-state index contributed by atoms with van der Waals surface area (Å²) in [5.74, 6) is -2.30. The smallest absolute Gasteiger partial charge is 0.408 e. The number of nitrogens with zero attached hydrogens (tertiary/aromatic N) is 1. The molecule has 4 rings (SSSR count). The second-order valence-corrected chi connectivity index (χ2v) is 13.1. The van der Waals surface area contributed by atoms with Crippen LogP contribution in [-0.4, -0.2) is 64.8 Å². The summed E-state index contributed by atoms with van der Waals surface area (Å²) in [5, 5.41) is 5.53. The number of rotatable bonds is 9. The fraction of sp³-hybridized carbons (Fsp3) is 0.808. The van der Waals surface area contributed by atoms with Gasteiger partial charge in [0.2, 0.25) is 17.6 Å². The maximum Gasteiger partial charge on any atom is 0.408 e. The van der Waals surface area contributed by atoms with E-state index in [0.717, 1.165) is 25.7 Å². The molecule has 4 N–H and O–H groups in total. The summed E-state index contributed by atoms with van der Waals surface area (Å²) >= 11 is 0. The zero-order valence-electron chi connectivity index (χ0n) is 22.2. The van der Waals surface area contributed by atoms with Gasteiger partial charge in [0.25, 0.3) is 5.91 Å². The molecule has 3 saturated carbocycles. The van der Waals surface area contributed by atoms with Crippen LogP contribution in [0.5, 0.6) is 0 Å². The van der Waals surface area contributed by atoms with E-state index in [1.54, 1.807) is 25.7 Å². The van der Waals surface area contributed by atoms with Crippen LogP contribution in [0.2, 0.25) is 0 Å². The molecule has 200 valence electrons. The van der Waals surface area contributed by atoms with Crippen molar-refractivity contribution in [2.75, 3.05) is 6.54 Å². The largest absolute Gasteiger partial charge is 0.444 e. The topological polar surface area (TPSA) is 148 Å². The van der Waals surface area contributed by atoms with E-state index in [0.29, 0.717) is 13.0 Å². The molecule has 1 saturated heterocycles. The van der Waals surface area contributed by atoms with E-state index in [1.807, 2.05) is 6.92 Å². The number of carbonyl (C=O) groups excluding carboxylic acids is 5. The van der Waals surface area contributed by atoms with E-state index >= 15 is 0 Å². The van der Waals surface area contributed by atoms with Crippen LogP contribution in [0.4, 0.5) is 4.79 Å². The number of hydrogen-bond acceptors (Lipinski definition) is 6. The van der Waals surface area contributed by atoms with Gasteiger partial charge in [-0.2, -0.15) is 0 Å². The van der Waals surface area contributed by atoms with Crippen molar-refractivity contribution in [3.63, 3.8) is 0 Å². The number of nitrogens with one attached hydrogen (secondary N) is 2. The number of ether oxygens (including phenoxy) is 1. The molecular formula is C26H40N4O6. The van der Waals surface area contributed by atoms with Crippen LogP contribution in [0.3, 0.4) is 0 Å². The number of amides is 4. The summed E-state index contributed by atoms with van der Waals surface area (Å²) in [5.41, 5.74) is 3.99. The maximum atomic E-state index is 13.9. The van der Waals surface area contributed by atoms with E-state index in [4.69, 9.17) is 10.5 Å². The third-order valence-electron chi connectivity index (χ3n) is 8.55. The lowest BCUT2D eigenvalue weighted by Gasteiger charge is -2.35. The van der Waals surface area contributed by atoms with Gasteiger partial charge in [0, 0.05) is 6.54 Å². The van der Waals surface area contributed by atoms with Gasteiger partial charge < -0.3 is 26.0 Å². The van der Waals surface area contributed by atoms with Crippen LogP contribution in [0.1, 0.15) is 73.6 Å². The number of ketones is 1. The van der Waals surface area contributed by atoms with Gasteiger partial charge in [-0.25, -0.2) is 4.79 Å². The number of carbonyl (C=O) groups is 5. The molecule has 1 aliphatic heterocycles. The number of nitrogens with two attached hydrogens (primary N) is 1. The number of primary amides is 1. The van der Waals surface area contributed by atoms with Crippen LogP contribution in [0.15, 0.2) is 0 Å². The van der Waals surface area contributed by atoms with Crippen molar-refractivity contribution in [2.24, 2.45) is 34.3 Å². The second-order valence-electron chi connectivity index (χ2n) is 13.1. The summed E-state index contributed by atoms with van der Waals surface area (Å²) in [4.78, 5) is 65.7. The fourth-order valence-corrected chi connectivity index (χ4v) is 5.77. The number of hydrogen-bond donors (Lipinski definition) is 3. The molecule has 0 aromatic carbocycles. The van der Waals surface area contributed by atoms with E-state index in [1.165, 1.54) is 0 Å². The molecule has 1 unspecified atom stereocenters. The summed E-state index contributed by atoms with van der Waals surface area (Å²) < 4.78 is 5.40. The molecule has 0 radical (unpaired) electrons. The average molecular weight is 505 g/mol. The monoisotopic (exact) mass is 504 g/mol. The Hall–Kier alpha value is -2.65. The van der Waals surface area contributed by atoms with Crippen LogP contribution in [0.25, 0.3) is 0 Å². The molecule has 10 nitrogen and oxygen atoms in total. The highest BCUT2D eigenvalue weighted by molar-refractivity contribution is 6.37. The standard InChI is InChI=1S/C26H40N4O6/c1-24(2,3)36-23(35)29-19(26(6)9-10-26)22(34)30-12-14-16(25(14,4)5)17(30)21(33)28-15(11-13-7-8-13)18(31)20(27)32/h13-17,19H,7-12H2,1-6H3,(H2,27,32)(H,28,33)(H,29,35)/t14-,15?,16-,17-,19+/m0/s1. The maximum absolute atomic E-state index is 13.9. The van der Waals surface area contributed by atoms with Gasteiger partial charge in [0.05, 0.1) is 6.04 Å². The molecule has 3 aliphatic carbocycles. The van der Waals surface area contributed by atoms with E-state index in [9.17, 15) is 24.0 Å². The van der Waals surface area contributed by atoms with E-state index in [-0.39, 0.29) is 29.1 Å². The minimum atomic E-state index is -1.08. The van der Waals surface area contributed by atoms with Crippen molar-refractivity contribution < 1.29 is 28.7 Å². The summed E-state index contributed by atoms with van der Waals surface area (Å²) in [6.45, 7) is 11.7. The normalized spacial score (nSPS) is 28.8. The first kappa shape index (κ1) is 26.4. The minimum absolute atomic E-state index is 0.0686. The average Bonchev–Trinajstić information content (AvgIpc) is 3.70. The molecule has 0 aromatic rings. The molecule has 36 heavy (non-hydrogen) atoms. The van der Waals surface area contributed by atoms with E-state index in [2.05, 4.69) is 24.5 Å². The molecule has 0 aromatic heterocycles. The Morgan fingerprint density at radius 2 is 1.67 bits per heavy atom. The second kappa shape index (κ2) is 8.73. The van der Waals surface area contributed by atoms with Crippen molar-refractivity contribution in [2.45, 2.75) is 97.4 Å². The van der Waals surface area contributed by atoms with Crippen molar-refractivity contribution in [1.29, 1.82) is 0 Å². The first-order valence-electron chi connectivity index (χ1n) is 13.0. The lowest BCUT2D eigenvalue weighted by molar-refractivity contribution is -0.144. The van der Waals surface area contributed by atoms with Crippen molar-refractivity contribution in [1.82, 2.24) is 15.5 Å². The number of piperidine rings is 1. The van der Waals surface area contributed by atoms with Gasteiger partial charge in [-0.05, 0) is 68.6 Å². The Morgan fingerprint density at radius 1 is 1.06 bits per heavy atom. The molecule has 4 fully saturated rings.